The molecule has 0 bridgehead atoms. The number of aliphatic hydroxyl groups is 1. The van der Waals surface area contributed by atoms with Gasteiger partial charge >= 0.3 is 0 Å². The summed E-state index contributed by atoms with van der Waals surface area (Å²) in [7, 11) is 0. The van der Waals surface area contributed by atoms with Gasteiger partial charge in [-0.1, -0.05) is 42.0 Å². The van der Waals surface area contributed by atoms with Crippen LogP contribution >= 0.6 is 0 Å². The number of H-pyrrole nitrogens is 1. The lowest BCUT2D eigenvalue weighted by molar-refractivity contribution is -0.124. The molecule has 0 saturated carbocycles. The lowest BCUT2D eigenvalue weighted by Gasteiger charge is -2.29. The number of nitrogens with one attached hydrogen (secondary N) is 1. The van der Waals surface area contributed by atoms with Crippen LogP contribution in [-0.2, 0) is 4.79 Å². The highest BCUT2D eigenvalue weighted by Crippen LogP contribution is 2.47. The number of anilines is 1. The highest BCUT2D eigenvalue weighted by atomic mass is 16.3. The average Bonchev–Trinajstić information content (AvgIpc) is 3.31. The summed E-state index contributed by atoms with van der Waals surface area (Å²) in [4.78, 5) is 22.3. The Bertz CT molecular complexity index is 1230. The van der Waals surface area contributed by atoms with E-state index in [2.05, 4.69) is 9.97 Å². The Labute approximate surface area is 173 Å². The number of aliphatic hydroxyl groups excluding tert-OH is 1. The number of benzene rings is 3. The topological polar surface area (TPSA) is 89.4 Å². The van der Waals surface area contributed by atoms with Crippen molar-refractivity contribution in [2.45, 2.75) is 25.0 Å². The summed E-state index contributed by atoms with van der Waals surface area (Å²) in [6, 6.07) is 19.9. The zero-order chi connectivity index (χ0) is 20.8. The van der Waals surface area contributed by atoms with Crippen molar-refractivity contribution in [3.05, 3.63) is 89.7 Å². The average molecular weight is 399 g/mol. The summed E-state index contributed by atoms with van der Waals surface area (Å²) in [5.74, 6) is -0.679. The van der Waals surface area contributed by atoms with Crippen LogP contribution in [0.25, 0.3) is 11.0 Å². The second-order valence-electron chi connectivity index (χ2n) is 7.73. The maximum atomic E-state index is 13.3. The number of hydrogen-bond acceptors (Lipinski definition) is 4. The van der Waals surface area contributed by atoms with Crippen LogP contribution in [0.5, 0.6) is 5.75 Å². The molecule has 3 N–H and O–H groups in total. The van der Waals surface area contributed by atoms with Crippen molar-refractivity contribution in [3.63, 3.8) is 0 Å². The first-order valence-corrected chi connectivity index (χ1v) is 9.83. The summed E-state index contributed by atoms with van der Waals surface area (Å²) in [5.41, 5.74) is 5.16. The number of imidazole rings is 1. The van der Waals surface area contributed by atoms with E-state index >= 15 is 0 Å². The molecule has 3 atom stereocenters. The molecule has 1 aliphatic rings. The Morgan fingerprint density at radius 3 is 2.57 bits per heavy atom. The van der Waals surface area contributed by atoms with E-state index in [1.165, 1.54) is 0 Å². The van der Waals surface area contributed by atoms with E-state index in [0.717, 1.165) is 27.7 Å². The quantitative estimate of drug-likeness (QED) is 0.489. The van der Waals surface area contributed by atoms with Gasteiger partial charge in [0.2, 0.25) is 0 Å². The fourth-order valence-corrected chi connectivity index (χ4v) is 4.40. The van der Waals surface area contributed by atoms with Crippen LogP contribution in [0.2, 0.25) is 0 Å². The fourth-order valence-electron chi connectivity index (χ4n) is 4.40. The monoisotopic (exact) mass is 399 g/mol. The van der Waals surface area contributed by atoms with E-state index in [4.69, 9.17) is 0 Å². The normalized spacial score (nSPS) is 21.5. The second-order valence-corrected chi connectivity index (χ2v) is 7.73. The molecule has 6 nitrogen and oxygen atoms in total. The van der Waals surface area contributed by atoms with Crippen molar-refractivity contribution in [1.82, 2.24) is 9.97 Å². The highest BCUT2D eigenvalue weighted by molar-refractivity contribution is 6.02. The number of carbonyl (C=O) groups is 1. The van der Waals surface area contributed by atoms with Gasteiger partial charge in [0.15, 0.2) is 0 Å². The van der Waals surface area contributed by atoms with Gasteiger partial charge in [-0.05, 0) is 48.4 Å². The van der Waals surface area contributed by atoms with Gasteiger partial charge in [0.25, 0.3) is 5.91 Å². The van der Waals surface area contributed by atoms with Crippen LogP contribution in [-0.4, -0.2) is 32.2 Å². The van der Waals surface area contributed by atoms with E-state index in [-0.39, 0.29) is 11.7 Å². The number of aryl methyl sites for hydroxylation is 1. The Hall–Kier alpha value is -3.64. The van der Waals surface area contributed by atoms with Crippen LogP contribution in [0.1, 0.15) is 28.7 Å². The number of fused-ring (bicyclic) bond motifs is 1. The smallest absolute Gasteiger partial charge is 0.257 e. The van der Waals surface area contributed by atoms with Gasteiger partial charge in [0.1, 0.15) is 11.9 Å². The van der Waals surface area contributed by atoms with Gasteiger partial charge in [-0.25, -0.2) is 4.98 Å². The number of rotatable bonds is 3. The molecule has 5 rings (SSSR count). The maximum absolute atomic E-state index is 13.3. The summed E-state index contributed by atoms with van der Waals surface area (Å²) in [5, 5.41) is 20.7. The number of nitrogens with zero attached hydrogens (tertiary/aromatic N) is 2. The van der Waals surface area contributed by atoms with E-state index in [1.54, 1.807) is 35.5 Å². The maximum Gasteiger partial charge on any atom is 0.257 e. The first-order chi connectivity index (χ1) is 14.5. The molecule has 1 aliphatic heterocycles. The Kier molecular flexibility index (Phi) is 4.29. The molecule has 2 heterocycles. The van der Waals surface area contributed by atoms with Crippen molar-refractivity contribution in [1.29, 1.82) is 0 Å². The van der Waals surface area contributed by atoms with E-state index in [9.17, 15) is 15.0 Å². The summed E-state index contributed by atoms with van der Waals surface area (Å²) >= 11 is 0. The minimum absolute atomic E-state index is 0.145. The summed E-state index contributed by atoms with van der Waals surface area (Å²) in [6.07, 6.45) is 0.421. The molecule has 3 aromatic carbocycles. The predicted octanol–water partition coefficient (Wildman–Crippen LogP) is 3.81. The standard InChI is InChI=1S/C24H21N3O3/c1-14-3-2-4-16(11-14)22-21(15-5-8-18(28)9-6-15)23(29)24(30)27(22)17-7-10-19-20(12-17)26-13-25-19/h2-13,21-23,28-29H,1H3,(H,25,26). The third-order valence-electron chi connectivity index (χ3n) is 5.79. The van der Waals surface area contributed by atoms with E-state index in [0.29, 0.717) is 5.69 Å². The van der Waals surface area contributed by atoms with Crippen LogP contribution in [0.3, 0.4) is 0 Å². The number of hydrogen-bond donors (Lipinski definition) is 3. The molecule has 6 heteroatoms. The van der Waals surface area contributed by atoms with Crippen LogP contribution in [0, 0.1) is 6.92 Å². The van der Waals surface area contributed by atoms with Crippen LogP contribution < -0.4 is 4.90 Å². The van der Waals surface area contributed by atoms with Gasteiger partial charge in [-0.15, -0.1) is 0 Å². The van der Waals surface area contributed by atoms with Gasteiger partial charge < -0.3 is 20.1 Å². The number of amides is 1. The van der Waals surface area contributed by atoms with Crippen molar-refractivity contribution in [3.8, 4) is 5.75 Å². The molecule has 0 aliphatic carbocycles. The van der Waals surface area contributed by atoms with Gasteiger partial charge in [-0.3, -0.25) is 4.79 Å². The molecule has 30 heavy (non-hydrogen) atoms. The van der Waals surface area contributed by atoms with Gasteiger partial charge in [0, 0.05) is 11.6 Å². The number of aromatic nitrogens is 2. The first kappa shape index (κ1) is 18.4. The molecule has 150 valence electrons. The number of carbonyl (C=O) groups excluding carboxylic acids is 1. The third kappa shape index (κ3) is 2.93. The lowest BCUT2D eigenvalue weighted by Crippen LogP contribution is -2.30. The Morgan fingerprint density at radius 2 is 1.80 bits per heavy atom. The van der Waals surface area contributed by atoms with Crippen molar-refractivity contribution >= 4 is 22.6 Å². The number of phenolic OH excluding ortho intramolecular Hbond substituents is 1. The molecule has 1 amide bonds. The third-order valence-corrected chi connectivity index (χ3v) is 5.79. The Balaban J connectivity index is 1.69. The zero-order valence-corrected chi connectivity index (χ0v) is 16.4. The van der Waals surface area contributed by atoms with E-state index in [1.807, 2.05) is 49.4 Å². The number of aromatic hydroxyl groups is 1. The molecule has 0 radical (unpaired) electrons. The lowest BCUT2D eigenvalue weighted by atomic mass is 9.85. The van der Waals surface area contributed by atoms with Gasteiger partial charge in [0.05, 0.1) is 23.4 Å². The molecular formula is C24H21N3O3. The SMILES string of the molecule is Cc1cccc(C2C(c3ccc(O)cc3)C(O)C(=O)N2c2ccc3nc[nH]c3c2)c1. The van der Waals surface area contributed by atoms with E-state index < -0.39 is 18.1 Å². The van der Waals surface area contributed by atoms with Crippen LogP contribution in [0.4, 0.5) is 5.69 Å². The second kappa shape index (κ2) is 7.00. The largest absolute Gasteiger partial charge is 0.508 e. The summed E-state index contributed by atoms with van der Waals surface area (Å²) in [6.45, 7) is 2.01. The van der Waals surface area contributed by atoms with Crippen LogP contribution in [0.15, 0.2) is 73.1 Å². The molecule has 1 fully saturated rings. The highest BCUT2D eigenvalue weighted by Gasteiger charge is 2.49. The van der Waals surface area contributed by atoms with Crippen molar-refractivity contribution in [2.24, 2.45) is 0 Å². The van der Waals surface area contributed by atoms with Crippen molar-refractivity contribution in [2.75, 3.05) is 4.90 Å². The molecule has 0 spiro atoms. The molecule has 1 aromatic heterocycles. The zero-order valence-electron chi connectivity index (χ0n) is 16.4. The minimum Gasteiger partial charge on any atom is -0.508 e. The molecule has 3 unspecified atom stereocenters. The predicted molar refractivity (Wildman–Crippen MR) is 114 cm³/mol. The molecule has 1 saturated heterocycles. The molecular weight excluding hydrogens is 378 g/mol. The Morgan fingerprint density at radius 1 is 1.00 bits per heavy atom. The van der Waals surface area contributed by atoms with Gasteiger partial charge in [-0.2, -0.15) is 0 Å². The molecule has 4 aromatic rings. The first-order valence-electron chi connectivity index (χ1n) is 9.83. The number of phenols is 1. The fraction of sp³-hybridized carbons (Fsp3) is 0.167. The summed E-state index contributed by atoms with van der Waals surface area (Å²) < 4.78 is 0. The number of aromatic amines is 1. The van der Waals surface area contributed by atoms with Crippen molar-refractivity contribution < 1.29 is 15.0 Å². The minimum atomic E-state index is -1.20.